The Morgan fingerprint density at radius 3 is 1.67 bits per heavy atom. The van der Waals surface area contributed by atoms with Crippen molar-refractivity contribution in [2.45, 2.75) is 27.1 Å². The quantitative estimate of drug-likeness (QED) is 0.444. The van der Waals surface area contributed by atoms with Crippen LogP contribution in [0.1, 0.15) is 20.8 Å². The van der Waals surface area contributed by atoms with Gasteiger partial charge in [-0.15, -0.1) is 0 Å². The van der Waals surface area contributed by atoms with Crippen LogP contribution in [0.25, 0.3) is 0 Å². The van der Waals surface area contributed by atoms with E-state index in [1.807, 2.05) is 20.8 Å². The zero-order chi connectivity index (χ0) is 6.41. The Balaban J connectivity index is 0. The van der Waals surface area contributed by atoms with Gasteiger partial charge in [-0.05, 0) is 20.8 Å². The van der Waals surface area contributed by atoms with E-state index in [0.717, 1.165) is 13.2 Å². The van der Waals surface area contributed by atoms with Crippen molar-refractivity contribution >= 4 is 51.4 Å². The monoisotopic (exact) mass is 158 g/mol. The fraction of sp³-hybridized carbons (Fsp3) is 1.00. The molecule has 52 valence electrons. The molecule has 3 heteroatoms. The van der Waals surface area contributed by atoms with Crippen LogP contribution in [0.15, 0.2) is 0 Å². The number of rotatable bonds is 4. The van der Waals surface area contributed by atoms with Crippen LogP contribution in [0.4, 0.5) is 0 Å². The third kappa shape index (κ3) is 9.56. The van der Waals surface area contributed by atoms with Crippen molar-refractivity contribution in [3.05, 3.63) is 0 Å². The molecular formula is C6H15KO2. The zero-order valence-corrected chi connectivity index (χ0v) is 5.81. The summed E-state index contributed by atoms with van der Waals surface area (Å²) in [5, 5.41) is 0. The van der Waals surface area contributed by atoms with Crippen LogP contribution in [0.5, 0.6) is 0 Å². The maximum atomic E-state index is 5.06. The van der Waals surface area contributed by atoms with E-state index in [4.69, 9.17) is 9.47 Å². The topological polar surface area (TPSA) is 18.5 Å². The predicted molar refractivity (Wildman–Crippen MR) is 39.9 cm³/mol. The fourth-order valence-corrected chi connectivity index (χ4v) is 0.518. The average Bonchev–Trinajstić information content (AvgIpc) is 1.68. The van der Waals surface area contributed by atoms with E-state index in [1.54, 1.807) is 0 Å². The van der Waals surface area contributed by atoms with E-state index >= 15 is 0 Å². The summed E-state index contributed by atoms with van der Waals surface area (Å²) in [7, 11) is 0. The summed E-state index contributed by atoms with van der Waals surface area (Å²) in [4.78, 5) is 0. The second-order valence-corrected chi connectivity index (χ2v) is 1.48. The Morgan fingerprint density at radius 1 is 1.11 bits per heavy atom. The molecule has 0 unspecified atom stereocenters. The van der Waals surface area contributed by atoms with Crippen molar-refractivity contribution in [1.29, 1.82) is 0 Å². The van der Waals surface area contributed by atoms with Gasteiger partial charge in [-0.1, -0.05) is 0 Å². The molecular weight excluding hydrogens is 143 g/mol. The van der Waals surface area contributed by atoms with Crippen LogP contribution in [0.2, 0.25) is 0 Å². The van der Waals surface area contributed by atoms with Crippen molar-refractivity contribution in [3.63, 3.8) is 0 Å². The van der Waals surface area contributed by atoms with E-state index in [-0.39, 0.29) is 57.7 Å². The summed E-state index contributed by atoms with van der Waals surface area (Å²) in [6.07, 6.45) is -0.0370. The fourth-order valence-electron chi connectivity index (χ4n) is 0.518. The standard InChI is InChI=1S/C6H14O2.K.H/c1-4-7-6(3)8-5-2;;/h6H,4-5H2,1-3H3;;. The van der Waals surface area contributed by atoms with Gasteiger partial charge in [-0.2, -0.15) is 0 Å². The van der Waals surface area contributed by atoms with Crippen molar-refractivity contribution in [2.24, 2.45) is 0 Å². The molecule has 0 aliphatic heterocycles. The Hall–Kier alpha value is 1.56. The van der Waals surface area contributed by atoms with Gasteiger partial charge in [0.2, 0.25) is 0 Å². The first-order chi connectivity index (χ1) is 3.81. The second-order valence-electron chi connectivity index (χ2n) is 1.48. The van der Waals surface area contributed by atoms with Crippen LogP contribution >= 0.6 is 0 Å². The average molecular weight is 158 g/mol. The first kappa shape index (κ1) is 13.2. The van der Waals surface area contributed by atoms with E-state index in [0.29, 0.717) is 0 Å². The van der Waals surface area contributed by atoms with Crippen molar-refractivity contribution in [3.8, 4) is 0 Å². The first-order valence-electron chi connectivity index (χ1n) is 3.04. The zero-order valence-electron chi connectivity index (χ0n) is 5.81. The molecule has 0 aliphatic carbocycles. The third-order valence-corrected chi connectivity index (χ3v) is 0.803. The predicted octanol–water partition coefficient (Wildman–Crippen LogP) is 0.757. The van der Waals surface area contributed by atoms with Crippen LogP contribution < -0.4 is 0 Å². The molecule has 0 amide bonds. The van der Waals surface area contributed by atoms with Crippen molar-refractivity contribution in [2.75, 3.05) is 13.2 Å². The van der Waals surface area contributed by atoms with Crippen LogP contribution in [-0.4, -0.2) is 70.9 Å². The van der Waals surface area contributed by atoms with E-state index in [2.05, 4.69) is 0 Å². The summed E-state index contributed by atoms with van der Waals surface area (Å²) < 4.78 is 10.1. The minimum absolute atomic E-state index is 0. The molecule has 0 aromatic heterocycles. The molecule has 0 atom stereocenters. The molecule has 0 aromatic carbocycles. The van der Waals surface area contributed by atoms with Crippen molar-refractivity contribution < 1.29 is 9.47 Å². The van der Waals surface area contributed by atoms with Crippen LogP contribution in [-0.2, 0) is 9.47 Å². The van der Waals surface area contributed by atoms with Gasteiger partial charge < -0.3 is 9.47 Å². The molecule has 0 radical (unpaired) electrons. The number of ether oxygens (including phenoxy) is 2. The Labute approximate surface area is 99.7 Å². The molecule has 0 N–H and O–H groups in total. The minimum atomic E-state index is -0.0370. The molecule has 0 saturated carbocycles. The summed E-state index contributed by atoms with van der Waals surface area (Å²) in [5.41, 5.74) is 0. The molecule has 0 saturated heterocycles. The maximum absolute atomic E-state index is 5.06. The molecule has 0 bridgehead atoms. The van der Waals surface area contributed by atoms with E-state index in [9.17, 15) is 0 Å². The van der Waals surface area contributed by atoms with E-state index < -0.39 is 0 Å². The molecule has 0 fully saturated rings. The van der Waals surface area contributed by atoms with Gasteiger partial charge >= 0.3 is 51.4 Å². The van der Waals surface area contributed by atoms with E-state index in [1.165, 1.54) is 0 Å². The molecule has 2 nitrogen and oxygen atoms in total. The Morgan fingerprint density at radius 2 is 1.44 bits per heavy atom. The van der Waals surface area contributed by atoms with Gasteiger partial charge in [-0.3, -0.25) is 0 Å². The van der Waals surface area contributed by atoms with Gasteiger partial charge in [0.25, 0.3) is 0 Å². The summed E-state index contributed by atoms with van der Waals surface area (Å²) in [5.74, 6) is 0. The summed E-state index contributed by atoms with van der Waals surface area (Å²) in [6, 6.07) is 0. The third-order valence-electron chi connectivity index (χ3n) is 0.803. The van der Waals surface area contributed by atoms with Crippen molar-refractivity contribution in [1.82, 2.24) is 0 Å². The molecule has 9 heavy (non-hydrogen) atoms. The van der Waals surface area contributed by atoms with Crippen LogP contribution in [0.3, 0.4) is 0 Å². The normalized spacial score (nSPS) is 9.33. The SMILES string of the molecule is CCOC(C)OCC.[KH]. The Bertz CT molecular complexity index is 44.3. The first-order valence-corrected chi connectivity index (χ1v) is 3.04. The summed E-state index contributed by atoms with van der Waals surface area (Å²) >= 11 is 0. The van der Waals surface area contributed by atoms with Gasteiger partial charge in [0.15, 0.2) is 6.29 Å². The molecule has 0 aromatic rings. The van der Waals surface area contributed by atoms with Gasteiger partial charge in [0.05, 0.1) is 0 Å². The number of hydrogen-bond acceptors (Lipinski definition) is 2. The van der Waals surface area contributed by atoms with Gasteiger partial charge in [0, 0.05) is 13.2 Å². The summed E-state index contributed by atoms with van der Waals surface area (Å²) in [6.45, 7) is 7.25. The molecule has 0 spiro atoms. The molecule has 0 rings (SSSR count). The molecule has 0 heterocycles. The van der Waals surface area contributed by atoms with Gasteiger partial charge in [0.1, 0.15) is 0 Å². The Kier molecular flexibility index (Phi) is 14.0. The second kappa shape index (κ2) is 9.56. The molecule has 0 aliphatic rings. The number of hydrogen-bond donors (Lipinski definition) is 0. The van der Waals surface area contributed by atoms with Crippen LogP contribution in [0, 0.1) is 0 Å². The van der Waals surface area contributed by atoms with Gasteiger partial charge in [-0.25, -0.2) is 0 Å².